The molecule has 1 rings (SSSR count). The van der Waals surface area contributed by atoms with Crippen molar-refractivity contribution in [2.24, 2.45) is 0 Å². The predicted molar refractivity (Wildman–Crippen MR) is 48.8 cm³/mol. The van der Waals surface area contributed by atoms with Crippen LogP contribution in [0.5, 0.6) is 0 Å². The number of non-ortho nitro benzene ring substituents is 1. The van der Waals surface area contributed by atoms with E-state index in [4.69, 9.17) is 0 Å². The van der Waals surface area contributed by atoms with Gasteiger partial charge in [0, 0.05) is 17.2 Å². The molecule has 0 heterocycles. The maximum atomic E-state index is 10.6. The number of nitrogens with zero attached hydrogens (tertiary/aromatic N) is 2. The van der Waals surface area contributed by atoms with Crippen LogP contribution in [-0.4, -0.2) is 15.8 Å². The van der Waals surface area contributed by atoms with Gasteiger partial charge in [-0.15, -0.1) is 0 Å². The molecule has 0 radical (unpaired) electrons. The number of nitro benzene ring substituents is 2. The second-order valence-electron chi connectivity index (χ2n) is 2.94. The molecule has 0 N–H and O–H groups in total. The van der Waals surface area contributed by atoms with E-state index in [2.05, 4.69) is 0 Å². The molecule has 0 atom stereocenters. The van der Waals surface area contributed by atoms with Gasteiger partial charge in [-0.3, -0.25) is 20.2 Å². The van der Waals surface area contributed by atoms with Gasteiger partial charge in [0.25, 0.3) is 11.4 Å². The van der Waals surface area contributed by atoms with Crippen LogP contribution >= 0.6 is 0 Å². The van der Waals surface area contributed by atoms with Gasteiger partial charge in [-0.2, -0.15) is 0 Å². The molecule has 1 aromatic carbocycles. The van der Waals surface area contributed by atoms with Crippen LogP contribution in [0.3, 0.4) is 0 Å². The van der Waals surface area contributed by atoms with Gasteiger partial charge in [-0.25, -0.2) is 0 Å². The Morgan fingerprint density at radius 1 is 1.18 bits per heavy atom. The second kappa shape index (κ2) is 6.17. The van der Waals surface area contributed by atoms with Crippen molar-refractivity contribution in [1.29, 1.82) is 0 Å². The van der Waals surface area contributed by atoms with Crippen LogP contribution in [0.1, 0.15) is 15.9 Å². The van der Waals surface area contributed by atoms with E-state index >= 15 is 0 Å². The molecular formula is C8H5KN2O6. The molecule has 0 aromatic heterocycles. The van der Waals surface area contributed by atoms with E-state index in [1.54, 1.807) is 0 Å². The number of carbonyl (C=O) groups excluding carboxylic acids is 1. The number of carboxylic acids is 1. The molecule has 84 valence electrons. The van der Waals surface area contributed by atoms with Crippen LogP contribution in [0.25, 0.3) is 0 Å². The fourth-order valence-corrected chi connectivity index (χ4v) is 1.19. The maximum Gasteiger partial charge on any atom is 1.00 e. The smallest absolute Gasteiger partial charge is 0.545 e. The quantitative estimate of drug-likeness (QED) is 0.329. The van der Waals surface area contributed by atoms with Crippen molar-refractivity contribution in [3.05, 3.63) is 43.5 Å². The first-order valence-corrected chi connectivity index (χ1v) is 3.99. The molecule has 0 amide bonds. The van der Waals surface area contributed by atoms with E-state index in [0.29, 0.717) is 6.07 Å². The third-order valence-corrected chi connectivity index (χ3v) is 1.99. The van der Waals surface area contributed by atoms with E-state index in [1.165, 1.54) is 6.92 Å². The summed E-state index contributed by atoms with van der Waals surface area (Å²) in [5, 5.41) is 31.6. The molecule has 0 saturated carbocycles. The van der Waals surface area contributed by atoms with Crippen molar-refractivity contribution in [2.45, 2.75) is 6.92 Å². The van der Waals surface area contributed by atoms with Crippen molar-refractivity contribution in [2.75, 3.05) is 0 Å². The molecule has 17 heavy (non-hydrogen) atoms. The minimum Gasteiger partial charge on any atom is -0.545 e. The molecule has 0 aliphatic heterocycles. The fourth-order valence-electron chi connectivity index (χ4n) is 1.19. The Morgan fingerprint density at radius 3 is 2.06 bits per heavy atom. The molecule has 0 unspecified atom stereocenters. The van der Waals surface area contributed by atoms with E-state index < -0.39 is 32.8 Å². The first kappa shape index (κ1) is 16.1. The van der Waals surface area contributed by atoms with Crippen molar-refractivity contribution in [3.8, 4) is 0 Å². The fraction of sp³-hybridized carbons (Fsp3) is 0.125. The summed E-state index contributed by atoms with van der Waals surface area (Å²) in [5.41, 5.74) is -2.00. The molecule has 8 nitrogen and oxygen atoms in total. The summed E-state index contributed by atoms with van der Waals surface area (Å²) in [4.78, 5) is 29.8. The standard InChI is InChI=1S/C8H6N2O6.K/c1-4-6(8(11)12)2-5(9(13)14)3-7(4)10(15)16;/h2-3H,1H3,(H,11,12);/q;+1/p-1. The van der Waals surface area contributed by atoms with Crippen molar-refractivity contribution in [3.63, 3.8) is 0 Å². The first-order chi connectivity index (χ1) is 7.34. The van der Waals surface area contributed by atoms with Crippen molar-refractivity contribution in [1.82, 2.24) is 0 Å². The molecule has 0 bridgehead atoms. The van der Waals surface area contributed by atoms with E-state index in [9.17, 15) is 30.1 Å². The van der Waals surface area contributed by atoms with Gasteiger partial charge in [0.05, 0.1) is 21.9 Å². The minimum atomic E-state index is -1.69. The first-order valence-electron chi connectivity index (χ1n) is 3.99. The van der Waals surface area contributed by atoms with Gasteiger partial charge in [0.2, 0.25) is 0 Å². The summed E-state index contributed by atoms with van der Waals surface area (Å²) in [7, 11) is 0. The van der Waals surface area contributed by atoms with Crippen LogP contribution in [0.4, 0.5) is 11.4 Å². The van der Waals surface area contributed by atoms with Gasteiger partial charge < -0.3 is 9.90 Å². The topological polar surface area (TPSA) is 126 Å². The zero-order valence-corrected chi connectivity index (χ0v) is 12.1. The Hall–Kier alpha value is -0.874. The van der Waals surface area contributed by atoms with E-state index in [-0.39, 0.29) is 56.9 Å². The summed E-state index contributed by atoms with van der Waals surface area (Å²) in [5.74, 6) is -1.69. The Morgan fingerprint density at radius 2 is 1.71 bits per heavy atom. The Labute approximate surface area is 137 Å². The van der Waals surface area contributed by atoms with Gasteiger partial charge >= 0.3 is 51.4 Å². The predicted octanol–water partition coefficient (Wildman–Crippen LogP) is -2.82. The van der Waals surface area contributed by atoms with E-state index in [1.807, 2.05) is 0 Å². The summed E-state index contributed by atoms with van der Waals surface area (Å²) in [6.07, 6.45) is 0. The molecular weight excluding hydrogens is 259 g/mol. The van der Waals surface area contributed by atoms with Crippen LogP contribution in [0.15, 0.2) is 12.1 Å². The number of rotatable bonds is 3. The van der Waals surface area contributed by atoms with E-state index in [0.717, 1.165) is 6.07 Å². The summed E-state index contributed by atoms with van der Waals surface area (Å²) < 4.78 is 0. The number of hydrogen-bond acceptors (Lipinski definition) is 6. The minimum absolute atomic E-state index is 0. The molecule has 0 fully saturated rings. The normalized spacial score (nSPS) is 9.24. The number of nitro groups is 2. The summed E-state index contributed by atoms with van der Waals surface area (Å²) >= 11 is 0. The van der Waals surface area contributed by atoms with Crippen LogP contribution < -0.4 is 56.5 Å². The summed E-state index contributed by atoms with van der Waals surface area (Å²) in [6, 6.07) is 1.44. The van der Waals surface area contributed by atoms with Crippen LogP contribution in [0.2, 0.25) is 0 Å². The number of hydrogen-bond donors (Lipinski definition) is 0. The summed E-state index contributed by atoms with van der Waals surface area (Å²) in [6.45, 7) is 1.19. The largest absolute Gasteiger partial charge is 1.00 e. The molecule has 1 aromatic rings. The third kappa shape index (κ3) is 3.54. The number of aromatic carboxylic acids is 1. The zero-order valence-electron chi connectivity index (χ0n) is 9.00. The Balaban J connectivity index is 0.00000256. The molecule has 0 saturated heterocycles. The average Bonchev–Trinajstić information content (AvgIpc) is 2.16. The van der Waals surface area contributed by atoms with Gasteiger partial charge in [-0.1, -0.05) is 0 Å². The monoisotopic (exact) mass is 264 g/mol. The Bertz CT molecular complexity index is 466. The van der Waals surface area contributed by atoms with Crippen LogP contribution in [-0.2, 0) is 0 Å². The molecule has 0 aliphatic carbocycles. The van der Waals surface area contributed by atoms with Crippen molar-refractivity contribution >= 4 is 17.3 Å². The number of carboxylic acid groups (broad SMARTS) is 1. The molecule has 0 spiro atoms. The SMILES string of the molecule is Cc1c(C(=O)[O-])cc([N+](=O)[O-])cc1[N+](=O)[O-].[K+]. The maximum absolute atomic E-state index is 10.6. The molecule has 0 aliphatic rings. The zero-order chi connectivity index (χ0) is 12.5. The average molecular weight is 264 g/mol. The van der Waals surface area contributed by atoms with Gasteiger partial charge in [0.1, 0.15) is 0 Å². The number of benzene rings is 1. The van der Waals surface area contributed by atoms with Gasteiger partial charge in [-0.05, 0) is 6.92 Å². The van der Waals surface area contributed by atoms with Crippen LogP contribution in [0, 0.1) is 27.2 Å². The van der Waals surface area contributed by atoms with Gasteiger partial charge in [0.15, 0.2) is 0 Å². The third-order valence-electron chi connectivity index (χ3n) is 1.99. The Kier molecular flexibility index (Phi) is 5.85. The molecule has 9 heteroatoms. The number of carbonyl (C=O) groups is 1. The second-order valence-corrected chi connectivity index (χ2v) is 2.94. The van der Waals surface area contributed by atoms with Crippen molar-refractivity contribution < 1.29 is 71.1 Å².